The average Bonchev–Trinajstić information content (AvgIpc) is 2.88. The number of anilines is 1. The van der Waals surface area contributed by atoms with Crippen LogP contribution in [0.15, 0.2) is 77.7 Å². The van der Waals surface area contributed by atoms with Gasteiger partial charge in [-0.15, -0.1) is 0 Å². The normalized spacial score (nSPS) is 12.0. The number of amides is 2. The highest BCUT2D eigenvalue weighted by atomic mass is 35.5. The molecule has 196 valence electrons. The van der Waals surface area contributed by atoms with Crippen molar-refractivity contribution in [2.24, 2.45) is 0 Å². The Bertz CT molecular complexity index is 1350. The first kappa shape index (κ1) is 28.5. The predicted octanol–water partition coefficient (Wildman–Crippen LogP) is 5.05. The molecule has 0 saturated heterocycles. The summed E-state index contributed by atoms with van der Waals surface area (Å²) in [4.78, 5) is 27.8. The minimum atomic E-state index is -4.23. The van der Waals surface area contributed by atoms with E-state index < -0.39 is 28.5 Å². The van der Waals surface area contributed by atoms with Crippen LogP contribution < -0.4 is 9.62 Å². The Morgan fingerprint density at radius 3 is 2.22 bits per heavy atom. The van der Waals surface area contributed by atoms with Gasteiger partial charge in [0.15, 0.2) is 0 Å². The van der Waals surface area contributed by atoms with Crippen LogP contribution in [-0.2, 0) is 26.2 Å². The van der Waals surface area contributed by atoms with Gasteiger partial charge in [0.2, 0.25) is 11.8 Å². The van der Waals surface area contributed by atoms with E-state index in [0.717, 1.165) is 15.4 Å². The molecule has 0 heterocycles. The van der Waals surface area contributed by atoms with Crippen LogP contribution in [0.4, 0.5) is 5.69 Å². The summed E-state index contributed by atoms with van der Waals surface area (Å²) in [5.74, 6) is -0.921. The number of aryl methyl sites for hydroxylation is 1. The Morgan fingerprint density at radius 1 is 0.946 bits per heavy atom. The Labute approximate surface area is 228 Å². The molecule has 0 bridgehead atoms. The van der Waals surface area contributed by atoms with Crippen molar-refractivity contribution in [3.8, 4) is 0 Å². The number of sulfonamides is 1. The highest BCUT2D eigenvalue weighted by molar-refractivity contribution is 7.92. The van der Waals surface area contributed by atoms with E-state index in [2.05, 4.69) is 5.32 Å². The maximum atomic E-state index is 13.8. The van der Waals surface area contributed by atoms with Crippen LogP contribution in [0.3, 0.4) is 0 Å². The molecule has 0 aliphatic heterocycles. The third kappa shape index (κ3) is 6.83. The lowest BCUT2D eigenvalue weighted by molar-refractivity contribution is -0.139. The molecule has 0 unspecified atom stereocenters. The van der Waals surface area contributed by atoms with Gasteiger partial charge in [-0.2, -0.15) is 0 Å². The first-order valence-corrected chi connectivity index (χ1v) is 13.9. The molecule has 3 rings (SSSR count). The lowest BCUT2D eigenvalue weighted by Crippen LogP contribution is -2.51. The monoisotopic (exact) mass is 561 g/mol. The van der Waals surface area contributed by atoms with Crippen molar-refractivity contribution in [3.63, 3.8) is 0 Å². The lowest BCUT2D eigenvalue weighted by atomic mass is 10.1. The number of likely N-dealkylation sites (N-methyl/N-ethyl adjacent to an activating group) is 1. The summed E-state index contributed by atoms with van der Waals surface area (Å²) in [5.41, 5.74) is 1.74. The van der Waals surface area contributed by atoms with Crippen molar-refractivity contribution in [2.75, 3.05) is 17.4 Å². The lowest BCUT2D eigenvalue weighted by Gasteiger charge is -2.32. The van der Waals surface area contributed by atoms with Crippen LogP contribution in [0.5, 0.6) is 0 Å². The Balaban J connectivity index is 2.06. The molecule has 7 nitrogen and oxygen atoms in total. The first-order valence-electron chi connectivity index (χ1n) is 11.7. The van der Waals surface area contributed by atoms with Gasteiger partial charge >= 0.3 is 0 Å². The van der Waals surface area contributed by atoms with Crippen molar-refractivity contribution in [2.45, 2.75) is 38.3 Å². The molecule has 3 aromatic carbocycles. The SMILES string of the molecule is CCNC(=O)[C@@H](C)N(Cc1ccccc1)C(=O)CN(c1cccc(Cl)c1Cl)S(=O)(=O)c1ccc(C)cc1. The number of nitrogens with zero attached hydrogens (tertiary/aromatic N) is 2. The molecule has 0 saturated carbocycles. The van der Waals surface area contributed by atoms with Crippen molar-refractivity contribution < 1.29 is 18.0 Å². The smallest absolute Gasteiger partial charge is 0.264 e. The Kier molecular flexibility index (Phi) is 9.59. The van der Waals surface area contributed by atoms with Crippen molar-refractivity contribution >= 4 is 50.7 Å². The molecule has 10 heteroatoms. The van der Waals surface area contributed by atoms with Crippen molar-refractivity contribution in [3.05, 3.63) is 94.0 Å². The number of carbonyl (C=O) groups is 2. The molecule has 1 atom stereocenters. The van der Waals surface area contributed by atoms with Gasteiger partial charge in [-0.25, -0.2) is 8.42 Å². The molecule has 0 aliphatic carbocycles. The summed E-state index contributed by atoms with van der Waals surface area (Å²) in [6.45, 7) is 5.15. The third-order valence-electron chi connectivity index (χ3n) is 5.80. The molecule has 0 fully saturated rings. The zero-order valence-corrected chi connectivity index (χ0v) is 23.1. The first-order chi connectivity index (χ1) is 17.6. The van der Waals surface area contributed by atoms with Gasteiger partial charge in [-0.05, 0) is 50.6 Å². The van der Waals surface area contributed by atoms with E-state index in [4.69, 9.17) is 23.2 Å². The maximum Gasteiger partial charge on any atom is 0.264 e. The molecule has 0 aliphatic rings. The molecular formula is C27H29Cl2N3O4S. The van der Waals surface area contributed by atoms with E-state index in [1.807, 2.05) is 37.3 Å². The molecule has 0 radical (unpaired) electrons. The number of nitrogens with one attached hydrogen (secondary N) is 1. The zero-order chi connectivity index (χ0) is 27.2. The van der Waals surface area contributed by atoms with E-state index in [1.165, 1.54) is 29.2 Å². The highest BCUT2D eigenvalue weighted by Crippen LogP contribution is 2.35. The maximum absolute atomic E-state index is 13.8. The number of halogens is 2. The average molecular weight is 563 g/mol. The second-order valence-electron chi connectivity index (χ2n) is 8.48. The van der Waals surface area contributed by atoms with Crippen LogP contribution in [0, 0.1) is 6.92 Å². The van der Waals surface area contributed by atoms with Crippen molar-refractivity contribution in [1.82, 2.24) is 10.2 Å². The van der Waals surface area contributed by atoms with Crippen LogP contribution >= 0.6 is 23.2 Å². The van der Waals surface area contributed by atoms with Gasteiger partial charge in [0.05, 0.1) is 20.6 Å². The van der Waals surface area contributed by atoms with Gasteiger partial charge in [0, 0.05) is 13.1 Å². The van der Waals surface area contributed by atoms with E-state index in [1.54, 1.807) is 32.0 Å². The number of rotatable bonds is 10. The number of carbonyl (C=O) groups excluding carboxylic acids is 2. The predicted molar refractivity (Wildman–Crippen MR) is 147 cm³/mol. The van der Waals surface area contributed by atoms with Gasteiger partial charge in [0.1, 0.15) is 12.6 Å². The van der Waals surface area contributed by atoms with Gasteiger partial charge in [-0.1, -0.05) is 77.3 Å². The largest absolute Gasteiger partial charge is 0.355 e. The van der Waals surface area contributed by atoms with Gasteiger partial charge in [-0.3, -0.25) is 13.9 Å². The summed E-state index contributed by atoms with van der Waals surface area (Å²) < 4.78 is 28.5. The van der Waals surface area contributed by atoms with Crippen LogP contribution in [0.2, 0.25) is 10.0 Å². The standard InChI is InChI=1S/C27H29Cl2N3O4S/c1-4-30-27(34)20(3)31(17-21-9-6-5-7-10-21)25(33)18-32(24-12-8-11-23(28)26(24)29)37(35,36)22-15-13-19(2)14-16-22/h5-16,20H,4,17-18H2,1-3H3,(H,30,34)/t20-/m1/s1. The second-order valence-corrected chi connectivity index (χ2v) is 11.1. The summed E-state index contributed by atoms with van der Waals surface area (Å²) in [7, 11) is -4.23. The molecule has 2 amide bonds. The number of hydrogen-bond acceptors (Lipinski definition) is 4. The quantitative estimate of drug-likeness (QED) is 0.375. The fourth-order valence-corrected chi connectivity index (χ4v) is 5.59. The Morgan fingerprint density at radius 2 is 1.59 bits per heavy atom. The van der Waals surface area contributed by atoms with Gasteiger partial charge in [0.25, 0.3) is 10.0 Å². The molecule has 37 heavy (non-hydrogen) atoms. The minimum Gasteiger partial charge on any atom is -0.355 e. The molecule has 1 N–H and O–H groups in total. The number of benzene rings is 3. The minimum absolute atomic E-state index is 0.000891. The van der Waals surface area contributed by atoms with Gasteiger partial charge < -0.3 is 10.2 Å². The fourth-order valence-electron chi connectivity index (χ4n) is 3.72. The van der Waals surface area contributed by atoms with E-state index in [0.29, 0.717) is 6.54 Å². The van der Waals surface area contributed by atoms with Crippen LogP contribution in [-0.4, -0.2) is 44.3 Å². The van der Waals surface area contributed by atoms with E-state index >= 15 is 0 Å². The molecule has 3 aromatic rings. The van der Waals surface area contributed by atoms with Crippen LogP contribution in [0.25, 0.3) is 0 Å². The highest BCUT2D eigenvalue weighted by Gasteiger charge is 2.33. The molecule has 0 spiro atoms. The second kappa shape index (κ2) is 12.4. The summed E-state index contributed by atoms with van der Waals surface area (Å²) >= 11 is 12.6. The van der Waals surface area contributed by atoms with E-state index in [9.17, 15) is 18.0 Å². The topological polar surface area (TPSA) is 86.8 Å². The molecular weight excluding hydrogens is 533 g/mol. The van der Waals surface area contributed by atoms with E-state index in [-0.39, 0.29) is 33.1 Å². The summed E-state index contributed by atoms with van der Waals surface area (Å²) in [5, 5.41) is 2.87. The Hall–Kier alpha value is -3.07. The fraction of sp³-hybridized carbons (Fsp3) is 0.259. The van der Waals surface area contributed by atoms with Crippen molar-refractivity contribution in [1.29, 1.82) is 0 Å². The summed E-state index contributed by atoms with van der Waals surface area (Å²) in [6, 6.07) is 19.2. The number of hydrogen-bond donors (Lipinski definition) is 1. The third-order valence-corrected chi connectivity index (χ3v) is 8.38. The van der Waals surface area contributed by atoms with Crippen LogP contribution in [0.1, 0.15) is 25.0 Å². The summed E-state index contributed by atoms with van der Waals surface area (Å²) in [6.07, 6.45) is 0. The molecule has 0 aromatic heterocycles. The zero-order valence-electron chi connectivity index (χ0n) is 20.8.